The molecule has 1 aromatic carbocycles. The van der Waals surface area contributed by atoms with Crippen LogP contribution < -0.4 is 15.5 Å². The number of rotatable bonds is 7. The van der Waals surface area contributed by atoms with E-state index in [1.165, 1.54) is 16.5 Å². The number of pyridine rings is 1. The second-order valence-electron chi connectivity index (χ2n) is 8.27. The highest BCUT2D eigenvalue weighted by Crippen LogP contribution is 2.19. The summed E-state index contributed by atoms with van der Waals surface area (Å²) in [5, 5.41) is 8.38. The number of guanidine groups is 1. The molecular weight excluding hydrogens is 511 g/mol. The molecule has 3 heterocycles. The van der Waals surface area contributed by atoms with Gasteiger partial charge in [-0.25, -0.2) is 4.98 Å². The number of nitrogens with zero attached hydrogens (tertiary/aromatic N) is 3. The van der Waals surface area contributed by atoms with E-state index in [1.807, 2.05) is 0 Å². The first-order valence-corrected chi connectivity index (χ1v) is 11.5. The molecule has 1 aliphatic rings. The molecular formula is C25H35IN6. The van der Waals surface area contributed by atoms with E-state index in [-0.39, 0.29) is 24.0 Å². The van der Waals surface area contributed by atoms with Crippen LogP contribution in [0.2, 0.25) is 0 Å². The van der Waals surface area contributed by atoms with Crippen LogP contribution in [0.25, 0.3) is 10.9 Å². The molecule has 3 aromatic rings. The number of aryl methyl sites for hydroxylation is 2. The highest BCUT2D eigenvalue weighted by Gasteiger charge is 2.20. The van der Waals surface area contributed by atoms with E-state index in [1.54, 1.807) is 0 Å². The fourth-order valence-corrected chi connectivity index (χ4v) is 4.27. The van der Waals surface area contributed by atoms with Crippen LogP contribution in [0.3, 0.4) is 0 Å². The molecule has 0 radical (unpaired) electrons. The van der Waals surface area contributed by atoms with Gasteiger partial charge in [-0.05, 0) is 63.3 Å². The number of hydrogen-bond acceptors (Lipinski definition) is 3. The largest absolute Gasteiger partial charge is 0.361 e. The summed E-state index contributed by atoms with van der Waals surface area (Å²) < 4.78 is 0. The van der Waals surface area contributed by atoms with Crippen LogP contribution in [0.5, 0.6) is 0 Å². The van der Waals surface area contributed by atoms with Crippen molar-refractivity contribution in [1.82, 2.24) is 20.6 Å². The highest BCUT2D eigenvalue weighted by molar-refractivity contribution is 14.0. The number of fused-ring (bicyclic) bond motifs is 1. The van der Waals surface area contributed by atoms with Gasteiger partial charge in [-0.15, -0.1) is 24.0 Å². The summed E-state index contributed by atoms with van der Waals surface area (Å²) in [6, 6.07) is 15.2. The monoisotopic (exact) mass is 546 g/mol. The van der Waals surface area contributed by atoms with Crippen molar-refractivity contribution in [2.75, 3.05) is 31.1 Å². The van der Waals surface area contributed by atoms with E-state index in [0.717, 1.165) is 69.3 Å². The van der Waals surface area contributed by atoms with Gasteiger partial charge in [-0.2, -0.15) is 0 Å². The Bertz CT molecular complexity index is 1010. The molecule has 1 fully saturated rings. The van der Waals surface area contributed by atoms with E-state index >= 15 is 0 Å². The zero-order valence-corrected chi connectivity index (χ0v) is 21.4. The quantitative estimate of drug-likeness (QED) is 0.175. The minimum absolute atomic E-state index is 0. The standard InChI is InChI=1S/C25H34N6.HI/c1-3-26-25(27-15-7-9-20-18-28-23-11-5-4-10-22(20)23)30-21-13-16-31(17-14-21)24-12-6-8-19(2)29-24;/h4-6,8,10-12,18,21,28H,3,7,9,13-17H2,1-2H3,(H2,26,27,30);1H. The molecule has 0 aliphatic carbocycles. The summed E-state index contributed by atoms with van der Waals surface area (Å²) in [5.74, 6) is 2.03. The molecule has 0 bridgehead atoms. The Labute approximate surface area is 208 Å². The number of halogens is 1. The van der Waals surface area contributed by atoms with Crippen LogP contribution in [0.15, 0.2) is 53.7 Å². The number of aliphatic imine (C=N–C) groups is 1. The molecule has 6 nitrogen and oxygen atoms in total. The summed E-state index contributed by atoms with van der Waals surface area (Å²) in [6.45, 7) is 7.91. The first kappa shape index (κ1) is 24.4. The highest BCUT2D eigenvalue weighted by atomic mass is 127. The van der Waals surface area contributed by atoms with Gasteiger partial charge in [0.25, 0.3) is 0 Å². The van der Waals surface area contributed by atoms with E-state index < -0.39 is 0 Å². The van der Waals surface area contributed by atoms with Crippen molar-refractivity contribution in [3.63, 3.8) is 0 Å². The van der Waals surface area contributed by atoms with Gasteiger partial charge in [0.05, 0.1) is 0 Å². The van der Waals surface area contributed by atoms with Gasteiger partial charge in [0.15, 0.2) is 5.96 Å². The lowest BCUT2D eigenvalue weighted by molar-refractivity contribution is 0.459. The molecule has 172 valence electrons. The van der Waals surface area contributed by atoms with Crippen LogP contribution in [-0.2, 0) is 6.42 Å². The molecule has 0 atom stereocenters. The average Bonchev–Trinajstić information content (AvgIpc) is 3.20. The predicted molar refractivity (Wildman–Crippen MR) is 145 cm³/mol. The average molecular weight is 547 g/mol. The zero-order valence-electron chi connectivity index (χ0n) is 19.1. The molecule has 0 saturated carbocycles. The summed E-state index contributed by atoms with van der Waals surface area (Å²) >= 11 is 0. The number of piperidine rings is 1. The van der Waals surface area contributed by atoms with Gasteiger partial charge >= 0.3 is 0 Å². The Morgan fingerprint density at radius 3 is 2.75 bits per heavy atom. The molecule has 3 N–H and O–H groups in total. The second kappa shape index (κ2) is 12.1. The number of H-pyrrole nitrogens is 1. The van der Waals surface area contributed by atoms with Crippen molar-refractivity contribution >= 4 is 46.7 Å². The zero-order chi connectivity index (χ0) is 21.5. The van der Waals surface area contributed by atoms with E-state index in [2.05, 4.69) is 88.0 Å². The Hall–Kier alpha value is -2.29. The molecule has 4 rings (SSSR count). The van der Waals surface area contributed by atoms with Gasteiger partial charge in [-0.1, -0.05) is 24.3 Å². The van der Waals surface area contributed by atoms with Gasteiger partial charge in [0.1, 0.15) is 5.82 Å². The van der Waals surface area contributed by atoms with Crippen LogP contribution in [0.4, 0.5) is 5.82 Å². The molecule has 7 heteroatoms. The Morgan fingerprint density at radius 1 is 1.16 bits per heavy atom. The summed E-state index contributed by atoms with van der Waals surface area (Å²) in [4.78, 5) is 15.3. The minimum Gasteiger partial charge on any atom is -0.361 e. The Kier molecular flexibility index (Phi) is 9.20. The predicted octanol–water partition coefficient (Wildman–Crippen LogP) is 4.65. The molecule has 0 unspecified atom stereocenters. The van der Waals surface area contributed by atoms with Crippen molar-refractivity contribution in [2.24, 2.45) is 4.99 Å². The summed E-state index contributed by atoms with van der Waals surface area (Å²) in [6.07, 6.45) is 6.39. The smallest absolute Gasteiger partial charge is 0.191 e. The minimum atomic E-state index is 0. The first-order valence-electron chi connectivity index (χ1n) is 11.5. The topological polar surface area (TPSA) is 68.3 Å². The maximum Gasteiger partial charge on any atom is 0.191 e. The fraction of sp³-hybridized carbons (Fsp3) is 0.440. The van der Waals surface area contributed by atoms with Crippen LogP contribution in [-0.4, -0.2) is 48.1 Å². The number of anilines is 1. The van der Waals surface area contributed by atoms with Crippen molar-refractivity contribution in [1.29, 1.82) is 0 Å². The van der Waals surface area contributed by atoms with E-state index in [9.17, 15) is 0 Å². The number of nitrogens with one attached hydrogen (secondary N) is 3. The number of aromatic nitrogens is 2. The number of benzene rings is 1. The molecule has 32 heavy (non-hydrogen) atoms. The summed E-state index contributed by atoms with van der Waals surface area (Å²) in [7, 11) is 0. The van der Waals surface area contributed by atoms with Crippen molar-refractivity contribution in [2.45, 2.75) is 45.6 Å². The number of hydrogen-bond donors (Lipinski definition) is 3. The third-order valence-electron chi connectivity index (χ3n) is 5.93. The third-order valence-corrected chi connectivity index (χ3v) is 5.93. The molecule has 2 aromatic heterocycles. The Balaban J connectivity index is 0.00000289. The van der Waals surface area contributed by atoms with Gasteiger partial charge < -0.3 is 20.5 Å². The third kappa shape index (κ3) is 6.37. The lowest BCUT2D eigenvalue weighted by Crippen LogP contribution is -2.49. The first-order chi connectivity index (χ1) is 15.2. The lowest BCUT2D eigenvalue weighted by atomic mass is 10.1. The lowest BCUT2D eigenvalue weighted by Gasteiger charge is -2.34. The molecule has 1 aliphatic heterocycles. The van der Waals surface area contributed by atoms with Gasteiger partial charge in [-0.3, -0.25) is 4.99 Å². The van der Waals surface area contributed by atoms with E-state index in [4.69, 9.17) is 4.99 Å². The second-order valence-corrected chi connectivity index (χ2v) is 8.27. The van der Waals surface area contributed by atoms with Gasteiger partial charge in [0, 0.05) is 55.0 Å². The van der Waals surface area contributed by atoms with Crippen molar-refractivity contribution in [3.8, 4) is 0 Å². The summed E-state index contributed by atoms with van der Waals surface area (Å²) in [5.41, 5.74) is 3.66. The van der Waals surface area contributed by atoms with Crippen LogP contribution in [0, 0.1) is 6.92 Å². The van der Waals surface area contributed by atoms with Gasteiger partial charge in [0.2, 0.25) is 0 Å². The van der Waals surface area contributed by atoms with Crippen LogP contribution in [0.1, 0.15) is 37.4 Å². The normalized spacial score (nSPS) is 14.9. The number of para-hydroxylation sites is 1. The molecule has 0 spiro atoms. The fourth-order valence-electron chi connectivity index (χ4n) is 4.27. The number of aromatic amines is 1. The maximum absolute atomic E-state index is 4.83. The van der Waals surface area contributed by atoms with E-state index in [0.29, 0.717) is 6.04 Å². The Morgan fingerprint density at radius 2 is 1.97 bits per heavy atom. The SMILES string of the molecule is CCNC(=NCCCc1c[nH]c2ccccc12)NC1CCN(c2cccc(C)n2)CC1.I. The van der Waals surface area contributed by atoms with Crippen LogP contribution >= 0.6 is 24.0 Å². The molecule has 1 saturated heterocycles. The van der Waals surface area contributed by atoms with Crippen molar-refractivity contribution in [3.05, 3.63) is 59.9 Å². The molecule has 0 amide bonds. The van der Waals surface area contributed by atoms with Crippen molar-refractivity contribution < 1.29 is 0 Å². The maximum atomic E-state index is 4.83.